The second-order valence-corrected chi connectivity index (χ2v) is 13.0. The number of benzene rings is 7. The van der Waals surface area contributed by atoms with Gasteiger partial charge in [0.05, 0.1) is 39.1 Å². The van der Waals surface area contributed by atoms with E-state index in [1.807, 2.05) is 12.1 Å². The molecular formula is C44H30N4O. The van der Waals surface area contributed by atoms with Crippen LogP contribution < -0.4 is 15.0 Å². The first-order chi connectivity index (χ1) is 24.3. The van der Waals surface area contributed by atoms with Crippen LogP contribution in [0.2, 0.25) is 0 Å². The van der Waals surface area contributed by atoms with E-state index in [0.717, 1.165) is 22.8 Å². The first kappa shape index (κ1) is 26.6. The van der Waals surface area contributed by atoms with Crippen molar-refractivity contribution in [2.45, 2.75) is 6.17 Å². The third-order valence-electron chi connectivity index (χ3n) is 10.3. The molecule has 5 nitrogen and oxygen atoms in total. The monoisotopic (exact) mass is 630 g/mol. The van der Waals surface area contributed by atoms with Gasteiger partial charge in [-0.3, -0.25) is 0 Å². The molecule has 7 aromatic carbocycles. The van der Waals surface area contributed by atoms with Crippen LogP contribution in [0.1, 0.15) is 0 Å². The van der Waals surface area contributed by atoms with Crippen molar-refractivity contribution < 1.29 is 4.74 Å². The molecule has 0 aliphatic carbocycles. The van der Waals surface area contributed by atoms with Gasteiger partial charge in [0.15, 0.2) is 0 Å². The van der Waals surface area contributed by atoms with Crippen molar-refractivity contribution in [1.29, 1.82) is 0 Å². The van der Waals surface area contributed by atoms with E-state index in [9.17, 15) is 0 Å². The van der Waals surface area contributed by atoms with Gasteiger partial charge in [-0.1, -0.05) is 78.9 Å². The van der Waals surface area contributed by atoms with E-state index in [2.05, 4.69) is 165 Å². The highest BCUT2D eigenvalue weighted by Crippen LogP contribution is 2.47. The molecule has 232 valence electrons. The van der Waals surface area contributed by atoms with Gasteiger partial charge in [-0.15, -0.1) is 0 Å². The van der Waals surface area contributed by atoms with Gasteiger partial charge in [-0.2, -0.15) is 0 Å². The van der Waals surface area contributed by atoms with Crippen molar-refractivity contribution in [1.82, 2.24) is 9.13 Å². The number of nitrogens with one attached hydrogen (secondary N) is 1. The summed E-state index contributed by atoms with van der Waals surface area (Å²) in [4.78, 5) is 2.37. The van der Waals surface area contributed by atoms with Crippen LogP contribution in [0.4, 0.5) is 17.1 Å². The summed E-state index contributed by atoms with van der Waals surface area (Å²) in [6.07, 6.45) is 0.0694. The third-order valence-corrected chi connectivity index (χ3v) is 10.3. The van der Waals surface area contributed by atoms with Gasteiger partial charge in [0.1, 0.15) is 18.5 Å². The molecule has 0 saturated carbocycles. The molecule has 9 aromatic rings. The zero-order valence-electron chi connectivity index (χ0n) is 26.5. The molecule has 2 aromatic heterocycles. The van der Waals surface area contributed by atoms with Crippen molar-refractivity contribution in [3.8, 4) is 28.3 Å². The molecule has 0 spiro atoms. The topological polar surface area (TPSA) is 34.4 Å². The van der Waals surface area contributed by atoms with Crippen LogP contribution in [0, 0.1) is 0 Å². The average molecular weight is 631 g/mol. The van der Waals surface area contributed by atoms with Gasteiger partial charge in [-0.25, -0.2) is 0 Å². The summed E-state index contributed by atoms with van der Waals surface area (Å²) in [5, 5.41) is 8.74. The maximum Gasteiger partial charge on any atom is 0.143 e. The average Bonchev–Trinajstić information content (AvgIpc) is 3.82. The van der Waals surface area contributed by atoms with Crippen LogP contribution in [0.25, 0.3) is 66.1 Å². The summed E-state index contributed by atoms with van der Waals surface area (Å²) in [6.45, 7) is 0.595. The number of ether oxygens (including phenoxy) is 1. The Morgan fingerprint density at radius 1 is 0.469 bits per heavy atom. The Morgan fingerprint density at radius 3 is 1.78 bits per heavy atom. The SMILES string of the molecule is c1ccc(-n2c3ccccc3c3cc(-c4ccc5c(c4)c4ccccc4n5-c4ccc5c(c4)NC4COc6ccccc6N54)ccc32)cc1. The number of para-hydroxylation sites is 5. The highest BCUT2D eigenvalue weighted by molar-refractivity contribution is 6.12. The molecule has 0 fully saturated rings. The number of aromatic nitrogens is 2. The fourth-order valence-electron chi connectivity index (χ4n) is 8.20. The molecule has 1 N–H and O–H groups in total. The lowest BCUT2D eigenvalue weighted by molar-refractivity contribution is 0.285. The maximum atomic E-state index is 6.09. The van der Waals surface area contributed by atoms with Crippen LogP contribution in [0.5, 0.6) is 5.75 Å². The van der Waals surface area contributed by atoms with Crippen LogP contribution >= 0.6 is 0 Å². The van der Waals surface area contributed by atoms with Crippen molar-refractivity contribution >= 4 is 60.7 Å². The lowest BCUT2D eigenvalue weighted by Crippen LogP contribution is -2.40. The van der Waals surface area contributed by atoms with E-state index in [-0.39, 0.29) is 6.17 Å². The Kier molecular flexibility index (Phi) is 5.44. The first-order valence-electron chi connectivity index (χ1n) is 16.8. The Morgan fingerprint density at radius 2 is 1.06 bits per heavy atom. The highest BCUT2D eigenvalue weighted by atomic mass is 16.5. The minimum atomic E-state index is 0.0694. The van der Waals surface area contributed by atoms with Crippen molar-refractivity contribution in [3.63, 3.8) is 0 Å². The van der Waals surface area contributed by atoms with Gasteiger partial charge >= 0.3 is 0 Å². The molecule has 0 radical (unpaired) electrons. The summed E-state index contributed by atoms with van der Waals surface area (Å²) in [6, 6.07) is 57.0. The smallest absolute Gasteiger partial charge is 0.143 e. The zero-order valence-corrected chi connectivity index (χ0v) is 26.5. The molecule has 49 heavy (non-hydrogen) atoms. The standard InChI is InChI=1S/C44H30N4O/c1-2-10-30(11-3-1)46-37-14-6-4-12-32(37)34-24-28(18-21-39(34)46)29-19-22-40-35(25-29)33-13-5-7-15-38(33)47(40)31-20-23-41-36(26-31)45-44-27-49-43-17-9-8-16-42(43)48(41)44/h1-26,44-45H,27H2. The number of fused-ring (bicyclic) bond motifs is 11. The van der Waals surface area contributed by atoms with E-state index in [1.54, 1.807) is 0 Å². The molecule has 2 aliphatic rings. The second-order valence-electron chi connectivity index (χ2n) is 13.0. The van der Waals surface area contributed by atoms with Crippen molar-refractivity contribution in [3.05, 3.63) is 158 Å². The molecule has 0 saturated heterocycles. The van der Waals surface area contributed by atoms with E-state index in [4.69, 9.17) is 4.74 Å². The van der Waals surface area contributed by atoms with Crippen molar-refractivity contribution in [2.75, 3.05) is 16.8 Å². The molecule has 2 aliphatic heterocycles. The number of rotatable bonds is 3. The molecule has 4 heterocycles. The molecule has 11 rings (SSSR count). The van der Waals surface area contributed by atoms with Gasteiger partial charge in [-0.05, 0) is 90.0 Å². The number of nitrogens with zero attached hydrogens (tertiary/aromatic N) is 3. The lowest BCUT2D eigenvalue weighted by atomic mass is 10.0. The van der Waals surface area contributed by atoms with Crippen molar-refractivity contribution in [2.24, 2.45) is 0 Å². The summed E-state index contributed by atoms with van der Waals surface area (Å²) >= 11 is 0. The molecule has 0 bridgehead atoms. The predicted octanol–water partition coefficient (Wildman–Crippen LogP) is 10.8. The normalized spacial score (nSPS) is 14.9. The number of anilines is 3. The third kappa shape index (κ3) is 3.81. The van der Waals surface area contributed by atoms with Gasteiger partial charge in [0.2, 0.25) is 0 Å². The predicted molar refractivity (Wildman–Crippen MR) is 202 cm³/mol. The summed E-state index contributed by atoms with van der Waals surface area (Å²) < 4.78 is 10.9. The number of hydrogen-bond acceptors (Lipinski definition) is 3. The summed E-state index contributed by atoms with van der Waals surface area (Å²) in [5.74, 6) is 0.928. The summed E-state index contributed by atoms with van der Waals surface area (Å²) in [7, 11) is 0. The van der Waals surface area contributed by atoms with Crippen LogP contribution in [0.15, 0.2) is 158 Å². The molecule has 0 amide bonds. The minimum Gasteiger partial charge on any atom is -0.487 e. The minimum absolute atomic E-state index is 0.0694. The fourth-order valence-corrected chi connectivity index (χ4v) is 8.20. The Hall–Kier alpha value is -6.46. The van der Waals surface area contributed by atoms with Gasteiger partial charge in [0, 0.05) is 32.9 Å². The Balaban J connectivity index is 1.05. The van der Waals surface area contributed by atoms with Crippen LogP contribution in [-0.2, 0) is 0 Å². The Labute approximate surface area is 282 Å². The van der Waals surface area contributed by atoms with E-state index in [0.29, 0.717) is 6.61 Å². The molecule has 1 unspecified atom stereocenters. The second kappa shape index (κ2) is 10.0. The first-order valence-corrected chi connectivity index (χ1v) is 16.8. The fraction of sp³-hybridized carbons (Fsp3) is 0.0455. The number of hydrogen-bond donors (Lipinski definition) is 1. The van der Waals surface area contributed by atoms with Crippen LogP contribution in [0.3, 0.4) is 0 Å². The van der Waals surface area contributed by atoms with E-state index < -0.39 is 0 Å². The van der Waals surface area contributed by atoms with E-state index >= 15 is 0 Å². The van der Waals surface area contributed by atoms with Crippen LogP contribution in [-0.4, -0.2) is 21.9 Å². The quantitative estimate of drug-likeness (QED) is 0.211. The molecule has 1 atom stereocenters. The molecular weight excluding hydrogens is 601 g/mol. The summed E-state index contributed by atoms with van der Waals surface area (Å²) in [5.41, 5.74) is 12.9. The maximum absolute atomic E-state index is 6.09. The largest absolute Gasteiger partial charge is 0.487 e. The van der Waals surface area contributed by atoms with Gasteiger partial charge in [0.25, 0.3) is 0 Å². The van der Waals surface area contributed by atoms with Gasteiger partial charge < -0.3 is 24.1 Å². The molecule has 5 heteroatoms. The zero-order chi connectivity index (χ0) is 32.1. The Bertz CT molecular complexity index is 2780. The highest BCUT2D eigenvalue weighted by Gasteiger charge is 2.35. The van der Waals surface area contributed by atoms with E-state index in [1.165, 1.54) is 66.1 Å². The lowest BCUT2D eigenvalue weighted by Gasteiger charge is -2.33.